The van der Waals surface area contributed by atoms with Gasteiger partial charge in [-0.2, -0.15) is 0 Å². The van der Waals surface area contributed by atoms with Crippen molar-refractivity contribution in [1.29, 1.82) is 0 Å². The number of nitrogens with zero attached hydrogens (tertiary/aromatic N) is 1. The van der Waals surface area contributed by atoms with Gasteiger partial charge in [0, 0.05) is 6.20 Å². The second kappa shape index (κ2) is 6.17. The van der Waals surface area contributed by atoms with Gasteiger partial charge in [0.25, 0.3) is 5.91 Å². The van der Waals surface area contributed by atoms with Gasteiger partial charge in [0.05, 0.1) is 13.2 Å². The molecule has 1 fully saturated rings. The first-order chi connectivity index (χ1) is 12.5. The summed E-state index contributed by atoms with van der Waals surface area (Å²) in [5.74, 6) is 0.392. The molecule has 3 aliphatic rings. The van der Waals surface area contributed by atoms with Gasteiger partial charge in [0.2, 0.25) is 0 Å². The number of fused-ring (bicyclic) bond motifs is 1. The van der Waals surface area contributed by atoms with Crippen molar-refractivity contribution in [3.63, 3.8) is 0 Å². The van der Waals surface area contributed by atoms with E-state index in [4.69, 9.17) is 4.74 Å². The molecule has 0 radical (unpaired) electrons. The number of carbonyl (C=O) groups is 2. The van der Waals surface area contributed by atoms with E-state index in [0.29, 0.717) is 12.2 Å². The summed E-state index contributed by atoms with van der Waals surface area (Å²) in [5, 5.41) is 15.6. The van der Waals surface area contributed by atoms with E-state index in [-0.39, 0.29) is 6.54 Å². The molecule has 26 heavy (non-hydrogen) atoms. The van der Waals surface area contributed by atoms with Crippen LogP contribution in [-0.4, -0.2) is 41.3 Å². The summed E-state index contributed by atoms with van der Waals surface area (Å²) in [6, 6.07) is 5.03. The van der Waals surface area contributed by atoms with Crippen molar-refractivity contribution in [2.75, 3.05) is 13.2 Å². The Morgan fingerprint density at radius 3 is 3.00 bits per heavy atom. The summed E-state index contributed by atoms with van der Waals surface area (Å²) >= 11 is 0. The van der Waals surface area contributed by atoms with Crippen LogP contribution in [0.3, 0.4) is 0 Å². The van der Waals surface area contributed by atoms with Crippen LogP contribution in [-0.2, 0) is 16.8 Å². The smallest absolute Gasteiger partial charge is 0.322 e. The van der Waals surface area contributed by atoms with E-state index in [2.05, 4.69) is 10.6 Å². The summed E-state index contributed by atoms with van der Waals surface area (Å²) in [5.41, 5.74) is 1.20. The van der Waals surface area contributed by atoms with Crippen LogP contribution in [0, 0.1) is 0 Å². The zero-order valence-electron chi connectivity index (χ0n) is 14.5. The maximum absolute atomic E-state index is 12.8. The average molecular weight is 355 g/mol. The van der Waals surface area contributed by atoms with E-state index in [9.17, 15) is 14.7 Å². The maximum Gasteiger partial charge on any atom is 0.322 e. The van der Waals surface area contributed by atoms with Crippen LogP contribution in [0.1, 0.15) is 24.5 Å². The van der Waals surface area contributed by atoms with Gasteiger partial charge in [0.15, 0.2) is 5.54 Å². The molecule has 136 valence electrons. The Morgan fingerprint density at radius 1 is 1.38 bits per heavy atom. The first kappa shape index (κ1) is 16.7. The standard InChI is InChI=1S/C19H21N3O4/c1-12-4-2-8-22(16(12)23)11-19(17(24)20-18(25)21-19)14-6-7-15-13(10-14)5-3-9-26-15/h2,4,6-8,10,16,23H,3,5,9,11H2,1H3,(H2,20,21,24,25). The number of imide groups is 1. The lowest BCUT2D eigenvalue weighted by molar-refractivity contribution is -0.125. The number of hydrogen-bond acceptors (Lipinski definition) is 5. The Hall–Kier alpha value is -2.80. The molecule has 4 rings (SSSR count). The molecule has 3 N–H and O–H groups in total. The molecule has 2 atom stereocenters. The molecule has 0 spiro atoms. The zero-order valence-corrected chi connectivity index (χ0v) is 14.5. The highest BCUT2D eigenvalue weighted by atomic mass is 16.5. The minimum absolute atomic E-state index is 0.118. The van der Waals surface area contributed by atoms with E-state index in [0.717, 1.165) is 29.7 Å². The Bertz CT molecular complexity index is 832. The van der Waals surface area contributed by atoms with E-state index in [1.807, 2.05) is 31.2 Å². The fourth-order valence-electron chi connectivity index (χ4n) is 3.67. The van der Waals surface area contributed by atoms with Crippen LogP contribution in [0.15, 0.2) is 42.1 Å². The Balaban J connectivity index is 1.73. The van der Waals surface area contributed by atoms with Gasteiger partial charge in [0.1, 0.15) is 12.0 Å². The lowest BCUT2D eigenvalue weighted by atomic mass is 9.86. The lowest BCUT2D eigenvalue weighted by Gasteiger charge is -2.37. The Kier molecular flexibility index (Phi) is 3.96. The number of nitrogens with one attached hydrogen (secondary N) is 2. The molecule has 3 aliphatic heterocycles. The number of carbonyl (C=O) groups excluding carboxylic acids is 2. The number of hydrogen-bond donors (Lipinski definition) is 3. The van der Waals surface area contributed by atoms with Crippen LogP contribution < -0.4 is 15.4 Å². The van der Waals surface area contributed by atoms with Crippen LogP contribution in [0.5, 0.6) is 5.75 Å². The molecule has 7 heteroatoms. The number of allylic oxidation sites excluding steroid dienone is 2. The van der Waals surface area contributed by atoms with Crippen molar-refractivity contribution in [3.05, 3.63) is 53.3 Å². The van der Waals surface area contributed by atoms with E-state index >= 15 is 0 Å². The molecule has 0 bridgehead atoms. The fraction of sp³-hybridized carbons (Fsp3) is 0.368. The first-order valence-electron chi connectivity index (χ1n) is 8.68. The van der Waals surface area contributed by atoms with Crippen molar-refractivity contribution in [3.8, 4) is 5.75 Å². The number of ether oxygens (including phenoxy) is 1. The molecular formula is C19H21N3O4. The van der Waals surface area contributed by atoms with Gasteiger partial charge in [-0.1, -0.05) is 12.1 Å². The van der Waals surface area contributed by atoms with Crippen molar-refractivity contribution >= 4 is 11.9 Å². The van der Waals surface area contributed by atoms with E-state index in [1.165, 1.54) is 0 Å². The largest absolute Gasteiger partial charge is 0.493 e. The Labute approximate surface area is 151 Å². The molecule has 0 aliphatic carbocycles. The second-order valence-corrected chi connectivity index (χ2v) is 6.89. The molecular weight excluding hydrogens is 334 g/mol. The number of rotatable bonds is 3. The van der Waals surface area contributed by atoms with E-state index < -0.39 is 23.7 Å². The third-order valence-corrected chi connectivity index (χ3v) is 5.12. The SMILES string of the molecule is CC1=CC=CN(CC2(c3ccc4c(c3)CCCO4)NC(=O)NC2=O)C1O. The third kappa shape index (κ3) is 2.64. The number of aliphatic hydroxyl groups is 1. The summed E-state index contributed by atoms with van der Waals surface area (Å²) in [6.45, 7) is 2.62. The van der Waals surface area contributed by atoms with Gasteiger partial charge < -0.3 is 20.1 Å². The summed E-state index contributed by atoms with van der Waals surface area (Å²) in [6.07, 6.45) is 6.28. The maximum atomic E-state index is 12.8. The average Bonchev–Trinajstić information content (AvgIpc) is 2.93. The van der Waals surface area contributed by atoms with Crippen molar-refractivity contribution in [2.45, 2.75) is 31.5 Å². The molecule has 3 amide bonds. The minimum atomic E-state index is -1.27. The quantitative estimate of drug-likeness (QED) is 0.708. The first-order valence-corrected chi connectivity index (χ1v) is 8.68. The number of urea groups is 1. The molecule has 2 unspecified atom stereocenters. The second-order valence-electron chi connectivity index (χ2n) is 6.89. The van der Waals surface area contributed by atoms with Gasteiger partial charge in [-0.25, -0.2) is 4.79 Å². The fourth-order valence-corrected chi connectivity index (χ4v) is 3.67. The van der Waals surface area contributed by atoms with Gasteiger partial charge in [-0.05, 0) is 54.7 Å². The highest BCUT2D eigenvalue weighted by Crippen LogP contribution is 2.33. The van der Waals surface area contributed by atoms with E-state index in [1.54, 1.807) is 17.2 Å². The third-order valence-electron chi connectivity index (χ3n) is 5.12. The number of amides is 3. The zero-order chi connectivity index (χ0) is 18.3. The number of benzene rings is 1. The topological polar surface area (TPSA) is 90.9 Å². The highest BCUT2D eigenvalue weighted by Gasteiger charge is 2.49. The van der Waals surface area contributed by atoms with Crippen LogP contribution >= 0.6 is 0 Å². The molecule has 0 saturated carbocycles. The Morgan fingerprint density at radius 2 is 2.23 bits per heavy atom. The van der Waals surface area contributed by atoms with Crippen molar-refractivity contribution in [1.82, 2.24) is 15.5 Å². The summed E-state index contributed by atoms with van der Waals surface area (Å²) in [7, 11) is 0. The van der Waals surface area contributed by atoms with Crippen LogP contribution in [0.2, 0.25) is 0 Å². The van der Waals surface area contributed by atoms with Gasteiger partial charge in [-0.3, -0.25) is 10.1 Å². The van der Waals surface area contributed by atoms with Crippen molar-refractivity contribution < 1.29 is 19.4 Å². The molecule has 7 nitrogen and oxygen atoms in total. The molecule has 0 aromatic heterocycles. The predicted molar refractivity (Wildman–Crippen MR) is 94.2 cm³/mol. The highest BCUT2D eigenvalue weighted by molar-refractivity contribution is 6.07. The number of aliphatic hydroxyl groups excluding tert-OH is 1. The molecule has 1 aromatic carbocycles. The normalized spacial score (nSPS) is 27.4. The van der Waals surface area contributed by atoms with Gasteiger partial charge >= 0.3 is 6.03 Å². The van der Waals surface area contributed by atoms with Crippen molar-refractivity contribution in [2.24, 2.45) is 0 Å². The van der Waals surface area contributed by atoms with Crippen LogP contribution in [0.4, 0.5) is 4.79 Å². The lowest BCUT2D eigenvalue weighted by Crippen LogP contribution is -2.54. The molecule has 1 saturated heterocycles. The molecule has 1 aromatic rings. The summed E-state index contributed by atoms with van der Waals surface area (Å²) < 4.78 is 5.65. The predicted octanol–water partition coefficient (Wildman–Crippen LogP) is 1.14. The van der Waals surface area contributed by atoms with Crippen LogP contribution in [0.25, 0.3) is 0 Å². The monoisotopic (exact) mass is 355 g/mol. The molecule has 3 heterocycles. The van der Waals surface area contributed by atoms with Gasteiger partial charge in [-0.15, -0.1) is 0 Å². The summed E-state index contributed by atoms with van der Waals surface area (Å²) in [4.78, 5) is 26.4. The number of aryl methyl sites for hydroxylation is 1. The minimum Gasteiger partial charge on any atom is -0.493 e.